The minimum absolute atomic E-state index is 0.0103. The van der Waals surface area contributed by atoms with E-state index >= 15 is 0 Å². The average molecular weight is 428 g/mol. The topological polar surface area (TPSA) is 79.5 Å². The number of amides is 2. The second-order valence-corrected chi connectivity index (χ2v) is 9.81. The lowest BCUT2D eigenvalue weighted by molar-refractivity contribution is -0.124. The number of benzene rings is 1. The predicted molar refractivity (Wildman–Crippen MR) is 106 cm³/mol. The normalized spacial score (nSPS) is 33.2. The fraction of sp³-hybridized carbons (Fsp3) is 0.579. The molecule has 1 saturated heterocycles. The Morgan fingerprint density at radius 2 is 2.18 bits per heavy atom. The molecule has 5 rings (SSSR count). The van der Waals surface area contributed by atoms with Gasteiger partial charge in [-0.15, -0.1) is 11.8 Å². The Kier molecular flexibility index (Phi) is 5.46. The van der Waals surface area contributed by atoms with Gasteiger partial charge in [-0.1, -0.05) is 11.6 Å². The van der Waals surface area contributed by atoms with Crippen molar-refractivity contribution in [3.05, 3.63) is 29.0 Å². The van der Waals surface area contributed by atoms with E-state index in [1.54, 1.807) is 11.8 Å². The molecular weight excluding hydrogens is 405 g/mol. The Balaban J connectivity index is 1.24. The molecule has 3 N–H and O–H groups in total. The molecule has 1 aliphatic heterocycles. The van der Waals surface area contributed by atoms with Gasteiger partial charge in [0.1, 0.15) is 11.6 Å². The quantitative estimate of drug-likeness (QED) is 0.647. The van der Waals surface area contributed by atoms with Gasteiger partial charge in [0.25, 0.3) is 5.91 Å². The summed E-state index contributed by atoms with van der Waals surface area (Å²) in [4.78, 5) is 24.7. The van der Waals surface area contributed by atoms with Gasteiger partial charge in [0.05, 0.1) is 15.6 Å². The van der Waals surface area contributed by atoms with Crippen LogP contribution in [0.1, 0.15) is 26.2 Å². The van der Waals surface area contributed by atoms with Crippen LogP contribution in [0.25, 0.3) is 0 Å². The number of rotatable bonds is 6. The van der Waals surface area contributed by atoms with Crippen LogP contribution in [0.2, 0.25) is 5.02 Å². The molecule has 152 valence electrons. The highest BCUT2D eigenvalue weighted by Crippen LogP contribution is 2.52. The molecule has 2 bridgehead atoms. The second kappa shape index (κ2) is 7.72. The number of hydrogen-bond acceptors (Lipinski definition) is 5. The van der Waals surface area contributed by atoms with Crippen molar-refractivity contribution in [2.24, 2.45) is 5.92 Å². The number of thioether (sulfide) groups is 1. The summed E-state index contributed by atoms with van der Waals surface area (Å²) in [5.74, 6) is -0.114. The van der Waals surface area contributed by atoms with Gasteiger partial charge in [-0.05, 0) is 44.2 Å². The lowest BCUT2D eigenvalue weighted by atomic mass is 9.76. The van der Waals surface area contributed by atoms with E-state index in [0.717, 1.165) is 25.3 Å². The fourth-order valence-corrected chi connectivity index (χ4v) is 5.56. The summed E-state index contributed by atoms with van der Waals surface area (Å²) in [7, 11) is 0. The Bertz CT molecular complexity index is 790. The first-order chi connectivity index (χ1) is 13.3. The molecule has 2 amide bonds. The second-order valence-electron chi connectivity index (χ2n) is 7.86. The third kappa shape index (κ3) is 4.09. The smallest absolute Gasteiger partial charge is 0.258 e. The molecule has 1 aromatic rings. The van der Waals surface area contributed by atoms with Crippen LogP contribution in [0, 0.1) is 11.7 Å². The zero-order valence-electron chi connectivity index (χ0n) is 15.5. The molecular formula is C19H23ClFN3O3S. The lowest BCUT2D eigenvalue weighted by Crippen LogP contribution is -2.54. The first kappa shape index (κ1) is 19.8. The summed E-state index contributed by atoms with van der Waals surface area (Å²) in [5.41, 5.74) is -0.188. The van der Waals surface area contributed by atoms with Gasteiger partial charge >= 0.3 is 0 Å². The summed E-state index contributed by atoms with van der Waals surface area (Å²) in [6, 6.07) is 4.10. The van der Waals surface area contributed by atoms with Crippen LogP contribution in [-0.4, -0.2) is 47.2 Å². The summed E-state index contributed by atoms with van der Waals surface area (Å²) in [6.07, 6.45) is 2.53. The van der Waals surface area contributed by atoms with Gasteiger partial charge in [0.2, 0.25) is 5.91 Å². The summed E-state index contributed by atoms with van der Waals surface area (Å²) < 4.78 is 18.8. The van der Waals surface area contributed by atoms with Gasteiger partial charge in [0.15, 0.2) is 6.61 Å². The highest BCUT2D eigenvalue weighted by atomic mass is 35.5. The molecule has 4 aliphatic rings. The number of halogens is 2. The first-order valence-electron chi connectivity index (χ1n) is 9.42. The number of nitrogens with one attached hydrogen (secondary N) is 3. The van der Waals surface area contributed by atoms with Crippen LogP contribution < -0.4 is 20.7 Å². The minimum Gasteiger partial charge on any atom is -0.484 e. The van der Waals surface area contributed by atoms with E-state index < -0.39 is 5.82 Å². The van der Waals surface area contributed by atoms with Crippen LogP contribution in [0.4, 0.5) is 4.39 Å². The standard InChI is InChI=1S/C19H23ClFN3O3S/c1-10-22-8-16(28-10)18(26)24-19-5-11(6-19)15(7-19)23-17(25)9-27-12-2-3-13(20)14(21)4-12/h2-4,10-11,15-16,22H,5-9H2,1H3,(H,23,25)(H,24,26)/t10?,11?,15-,16?,19?/m0/s1. The Morgan fingerprint density at radius 3 is 2.86 bits per heavy atom. The molecule has 1 heterocycles. The highest BCUT2D eigenvalue weighted by Gasteiger charge is 2.57. The van der Waals surface area contributed by atoms with Crippen molar-refractivity contribution >= 4 is 35.2 Å². The molecule has 3 aliphatic carbocycles. The molecule has 0 spiro atoms. The molecule has 1 aromatic carbocycles. The van der Waals surface area contributed by atoms with Crippen molar-refractivity contribution < 1.29 is 18.7 Å². The maximum absolute atomic E-state index is 13.4. The largest absolute Gasteiger partial charge is 0.484 e. The predicted octanol–water partition coefficient (Wildman–Crippen LogP) is 2.06. The first-order valence-corrected chi connectivity index (χ1v) is 10.7. The number of ether oxygens (including phenoxy) is 1. The Labute approximate surface area is 172 Å². The molecule has 6 nitrogen and oxygen atoms in total. The number of carbonyl (C=O) groups is 2. The van der Waals surface area contributed by atoms with E-state index in [1.807, 2.05) is 0 Å². The van der Waals surface area contributed by atoms with E-state index in [4.69, 9.17) is 16.3 Å². The SMILES string of the molecule is CC1NCC(C(=O)NC23CC(C2)[C@@H](NC(=O)COc2ccc(Cl)c(F)c2)C3)S1. The Morgan fingerprint density at radius 1 is 1.39 bits per heavy atom. The van der Waals surface area contributed by atoms with Gasteiger partial charge in [-0.25, -0.2) is 4.39 Å². The van der Waals surface area contributed by atoms with Crippen molar-refractivity contribution in [3.63, 3.8) is 0 Å². The van der Waals surface area contributed by atoms with Crippen LogP contribution in [-0.2, 0) is 9.59 Å². The van der Waals surface area contributed by atoms with E-state index in [2.05, 4.69) is 22.9 Å². The third-order valence-corrected chi connectivity index (χ3v) is 7.32. The zero-order valence-corrected chi connectivity index (χ0v) is 17.0. The molecule has 0 radical (unpaired) electrons. The van der Waals surface area contributed by atoms with Gasteiger partial charge < -0.3 is 20.7 Å². The molecule has 3 saturated carbocycles. The van der Waals surface area contributed by atoms with Crippen LogP contribution in [0.15, 0.2) is 18.2 Å². The molecule has 28 heavy (non-hydrogen) atoms. The number of hydrogen-bond donors (Lipinski definition) is 3. The maximum Gasteiger partial charge on any atom is 0.258 e. The van der Waals surface area contributed by atoms with E-state index in [-0.39, 0.29) is 46.0 Å². The minimum atomic E-state index is -0.584. The van der Waals surface area contributed by atoms with Crippen molar-refractivity contribution in [2.75, 3.05) is 13.2 Å². The van der Waals surface area contributed by atoms with Crippen LogP contribution in [0.5, 0.6) is 5.75 Å². The van der Waals surface area contributed by atoms with Gasteiger partial charge in [0, 0.05) is 24.2 Å². The van der Waals surface area contributed by atoms with Crippen molar-refractivity contribution in [2.45, 2.75) is 48.4 Å². The summed E-state index contributed by atoms with van der Waals surface area (Å²) in [6.45, 7) is 2.56. The Hall–Kier alpha value is -1.51. The average Bonchev–Trinajstić information content (AvgIpc) is 3.28. The molecule has 4 fully saturated rings. The number of carbonyl (C=O) groups excluding carboxylic acids is 2. The van der Waals surface area contributed by atoms with Gasteiger partial charge in [-0.2, -0.15) is 0 Å². The fourth-order valence-electron chi connectivity index (χ4n) is 4.38. The van der Waals surface area contributed by atoms with Crippen molar-refractivity contribution in [1.82, 2.24) is 16.0 Å². The third-order valence-electron chi connectivity index (χ3n) is 5.73. The van der Waals surface area contributed by atoms with Gasteiger partial charge in [-0.3, -0.25) is 9.59 Å². The molecule has 0 aromatic heterocycles. The monoisotopic (exact) mass is 427 g/mol. The zero-order chi connectivity index (χ0) is 19.9. The molecule has 2 unspecified atom stereocenters. The van der Waals surface area contributed by atoms with Crippen LogP contribution >= 0.6 is 23.4 Å². The van der Waals surface area contributed by atoms with E-state index in [1.165, 1.54) is 12.1 Å². The van der Waals surface area contributed by atoms with Crippen molar-refractivity contribution in [1.29, 1.82) is 0 Å². The van der Waals surface area contributed by atoms with Crippen LogP contribution in [0.3, 0.4) is 0 Å². The molecule has 3 atom stereocenters. The van der Waals surface area contributed by atoms with E-state index in [0.29, 0.717) is 17.8 Å². The summed E-state index contributed by atoms with van der Waals surface area (Å²) in [5, 5.41) is 9.74. The number of fused-ring (bicyclic) bond motifs is 1. The summed E-state index contributed by atoms with van der Waals surface area (Å²) >= 11 is 7.28. The van der Waals surface area contributed by atoms with Crippen molar-refractivity contribution in [3.8, 4) is 5.75 Å². The highest BCUT2D eigenvalue weighted by molar-refractivity contribution is 8.01. The molecule has 9 heteroatoms. The lowest BCUT2D eigenvalue weighted by Gasteiger charge is -2.39. The maximum atomic E-state index is 13.4. The van der Waals surface area contributed by atoms with E-state index in [9.17, 15) is 14.0 Å².